The van der Waals surface area contributed by atoms with E-state index < -0.39 is 0 Å². The minimum Gasteiger partial charge on any atom is -0.419 e. The number of anilines is 1. The number of rotatable bonds is 5. The fourth-order valence-corrected chi connectivity index (χ4v) is 4.20. The maximum absolute atomic E-state index is 6.17. The Morgan fingerprint density at radius 3 is 2.06 bits per heavy atom. The van der Waals surface area contributed by atoms with Crippen LogP contribution in [0.5, 0.6) is 0 Å². The number of benzene rings is 3. The van der Waals surface area contributed by atoms with Gasteiger partial charge in [0.1, 0.15) is 6.04 Å². The van der Waals surface area contributed by atoms with Crippen LogP contribution in [0.3, 0.4) is 0 Å². The first-order chi connectivity index (χ1) is 15.3. The Morgan fingerprint density at radius 2 is 1.39 bits per heavy atom. The van der Waals surface area contributed by atoms with E-state index in [1.165, 1.54) is 5.69 Å². The number of halogens is 1. The van der Waals surface area contributed by atoms with Crippen LogP contribution in [0.15, 0.2) is 89.3 Å². The summed E-state index contributed by atoms with van der Waals surface area (Å²) in [5, 5.41) is 9.44. The van der Waals surface area contributed by atoms with Gasteiger partial charge in [0, 0.05) is 42.5 Å². The lowest BCUT2D eigenvalue weighted by Gasteiger charge is -2.39. The highest BCUT2D eigenvalue weighted by atomic mass is 35.5. The van der Waals surface area contributed by atoms with Crippen LogP contribution in [0.1, 0.15) is 17.5 Å². The van der Waals surface area contributed by atoms with E-state index in [0.717, 1.165) is 37.3 Å². The number of nitrogens with zero attached hydrogens (tertiary/aromatic N) is 4. The van der Waals surface area contributed by atoms with Gasteiger partial charge in [-0.15, -0.1) is 10.2 Å². The van der Waals surface area contributed by atoms with Crippen LogP contribution in [-0.4, -0.2) is 41.3 Å². The van der Waals surface area contributed by atoms with Gasteiger partial charge >= 0.3 is 0 Å². The van der Waals surface area contributed by atoms with Crippen molar-refractivity contribution >= 4 is 17.3 Å². The molecule has 5 nitrogen and oxygen atoms in total. The average Bonchev–Trinajstić information content (AvgIpc) is 3.31. The van der Waals surface area contributed by atoms with E-state index in [4.69, 9.17) is 16.0 Å². The molecule has 156 valence electrons. The number of aromatic nitrogens is 2. The molecule has 1 atom stereocenters. The van der Waals surface area contributed by atoms with Crippen LogP contribution in [0.2, 0.25) is 5.02 Å². The summed E-state index contributed by atoms with van der Waals surface area (Å²) in [7, 11) is 0. The van der Waals surface area contributed by atoms with Crippen LogP contribution in [0, 0.1) is 0 Å². The van der Waals surface area contributed by atoms with Crippen LogP contribution >= 0.6 is 11.6 Å². The Kier molecular flexibility index (Phi) is 5.69. The maximum atomic E-state index is 6.17. The van der Waals surface area contributed by atoms with Gasteiger partial charge < -0.3 is 9.32 Å². The zero-order chi connectivity index (χ0) is 21.0. The van der Waals surface area contributed by atoms with E-state index in [1.54, 1.807) is 0 Å². The van der Waals surface area contributed by atoms with Crippen molar-refractivity contribution in [3.63, 3.8) is 0 Å². The summed E-state index contributed by atoms with van der Waals surface area (Å²) in [6, 6.07) is 28.3. The molecular formula is C25H23ClN4O. The summed E-state index contributed by atoms with van der Waals surface area (Å²) in [6.07, 6.45) is 0. The quantitative estimate of drug-likeness (QED) is 0.429. The molecule has 0 aliphatic carbocycles. The first kappa shape index (κ1) is 19.8. The third-order valence-corrected chi connectivity index (χ3v) is 5.93. The summed E-state index contributed by atoms with van der Waals surface area (Å²) >= 11 is 6.02. The van der Waals surface area contributed by atoms with Gasteiger partial charge in [-0.25, -0.2) is 0 Å². The minimum atomic E-state index is -0.0762. The van der Waals surface area contributed by atoms with Gasteiger partial charge in [0.05, 0.1) is 0 Å². The highest BCUT2D eigenvalue weighted by Gasteiger charge is 2.30. The molecule has 0 unspecified atom stereocenters. The Labute approximate surface area is 186 Å². The van der Waals surface area contributed by atoms with Crippen molar-refractivity contribution in [2.24, 2.45) is 0 Å². The van der Waals surface area contributed by atoms with Crippen molar-refractivity contribution in [3.8, 4) is 11.5 Å². The van der Waals surface area contributed by atoms with Crippen molar-refractivity contribution in [2.45, 2.75) is 6.04 Å². The standard InChI is InChI=1S/C25H23ClN4O/c26-21-13-11-20(12-14-21)24-27-28-25(31-24)23(19-7-3-1-4-8-19)30-17-15-29(16-18-30)22-9-5-2-6-10-22/h1-14,23H,15-18H2/t23-/m1/s1. The molecule has 1 fully saturated rings. The first-order valence-electron chi connectivity index (χ1n) is 10.5. The zero-order valence-electron chi connectivity index (χ0n) is 17.1. The van der Waals surface area contributed by atoms with Gasteiger partial charge in [0.15, 0.2) is 0 Å². The number of hydrogen-bond donors (Lipinski definition) is 0. The average molecular weight is 431 g/mol. The van der Waals surface area contributed by atoms with E-state index in [9.17, 15) is 0 Å². The van der Waals surface area contributed by atoms with Crippen molar-refractivity contribution in [1.29, 1.82) is 0 Å². The third-order valence-electron chi connectivity index (χ3n) is 5.68. The predicted octanol–water partition coefficient (Wildman–Crippen LogP) is 5.30. The maximum Gasteiger partial charge on any atom is 0.247 e. The molecule has 4 aromatic rings. The Balaban J connectivity index is 1.41. The van der Waals surface area contributed by atoms with Crippen LogP contribution < -0.4 is 4.90 Å². The second-order valence-electron chi connectivity index (χ2n) is 7.62. The lowest BCUT2D eigenvalue weighted by Crippen LogP contribution is -2.48. The molecule has 1 aromatic heterocycles. The van der Waals surface area contributed by atoms with Gasteiger partial charge in [-0.05, 0) is 42.0 Å². The molecular weight excluding hydrogens is 408 g/mol. The molecule has 31 heavy (non-hydrogen) atoms. The topological polar surface area (TPSA) is 45.4 Å². The molecule has 0 radical (unpaired) electrons. The lowest BCUT2D eigenvalue weighted by atomic mass is 10.0. The molecule has 5 rings (SSSR count). The van der Waals surface area contributed by atoms with Gasteiger partial charge in [-0.2, -0.15) is 0 Å². The van der Waals surface area contributed by atoms with E-state index in [-0.39, 0.29) is 6.04 Å². The Bertz CT molecular complexity index is 1110. The van der Waals surface area contributed by atoms with Crippen molar-refractivity contribution in [3.05, 3.63) is 101 Å². The zero-order valence-corrected chi connectivity index (χ0v) is 17.8. The second-order valence-corrected chi connectivity index (χ2v) is 8.06. The molecule has 0 spiro atoms. The van der Waals surface area contributed by atoms with E-state index in [0.29, 0.717) is 16.8 Å². The molecule has 2 heterocycles. The fourth-order valence-electron chi connectivity index (χ4n) is 4.08. The molecule has 1 aliphatic heterocycles. The number of para-hydroxylation sites is 1. The molecule has 1 aliphatic rings. The van der Waals surface area contributed by atoms with Gasteiger partial charge in [0.25, 0.3) is 0 Å². The molecule has 3 aromatic carbocycles. The van der Waals surface area contributed by atoms with Gasteiger partial charge in [-0.1, -0.05) is 60.1 Å². The number of piperazine rings is 1. The van der Waals surface area contributed by atoms with Gasteiger partial charge in [0.2, 0.25) is 11.8 Å². The van der Waals surface area contributed by atoms with Crippen molar-refractivity contribution in [2.75, 3.05) is 31.1 Å². The third kappa shape index (κ3) is 4.33. The molecule has 0 bridgehead atoms. The monoisotopic (exact) mass is 430 g/mol. The summed E-state index contributed by atoms with van der Waals surface area (Å²) in [4.78, 5) is 4.85. The molecule has 6 heteroatoms. The van der Waals surface area contributed by atoms with Crippen LogP contribution in [-0.2, 0) is 0 Å². The smallest absolute Gasteiger partial charge is 0.247 e. The molecule has 0 amide bonds. The normalized spacial score (nSPS) is 15.7. The second kappa shape index (κ2) is 8.92. The summed E-state index contributed by atoms with van der Waals surface area (Å²) in [6.45, 7) is 3.72. The minimum absolute atomic E-state index is 0.0762. The number of hydrogen-bond acceptors (Lipinski definition) is 5. The largest absolute Gasteiger partial charge is 0.419 e. The predicted molar refractivity (Wildman–Crippen MR) is 123 cm³/mol. The molecule has 0 saturated carbocycles. The lowest BCUT2D eigenvalue weighted by molar-refractivity contribution is 0.188. The summed E-state index contributed by atoms with van der Waals surface area (Å²) in [5.74, 6) is 1.12. The highest BCUT2D eigenvalue weighted by molar-refractivity contribution is 6.30. The fraction of sp³-hybridized carbons (Fsp3) is 0.200. The van der Waals surface area contributed by atoms with Crippen molar-refractivity contribution < 1.29 is 4.42 Å². The van der Waals surface area contributed by atoms with E-state index >= 15 is 0 Å². The summed E-state index contributed by atoms with van der Waals surface area (Å²) in [5.41, 5.74) is 3.28. The molecule has 1 saturated heterocycles. The van der Waals surface area contributed by atoms with E-state index in [1.807, 2.05) is 30.3 Å². The Hall–Kier alpha value is -3.15. The first-order valence-corrected chi connectivity index (χ1v) is 10.8. The van der Waals surface area contributed by atoms with Crippen molar-refractivity contribution in [1.82, 2.24) is 15.1 Å². The van der Waals surface area contributed by atoms with E-state index in [2.05, 4.69) is 74.6 Å². The van der Waals surface area contributed by atoms with Gasteiger partial charge in [-0.3, -0.25) is 4.90 Å². The van der Waals surface area contributed by atoms with Crippen LogP contribution in [0.25, 0.3) is 11.5 Å². The summed E-state index contributed by atoms with van der Waals surface area (Å²) < 4.78 is 6.17. The Morgan fingerprint density at radius 1 is 0.742 bits per heavy atom. The SMILES string of the molecule is Clc1ccc(-c2nnc([C@@H](c3ccccc3)N3CCN(c4ccccc4)CC3)o2)cc1. The molecule has 0 N–H and O–H groups in total. The van der Waals surface area contributed by atoms with Crippen LogP contribution in [0.4, 0.5) is 5.69 Å². The highest BCUT2D eigenvalue weighted by Crippen LogP contribution is 2.31.